The molecule has 0 aliphatic carbocycles. The summed E-state index contributed by atoms with van der Waals surface area (Å²) in [5.74, 6) is 0. The largest absolute Gasteiger partial charge is 0.307 e. The second-order valence-corrected chi connectivity index (χ2v) is 5.84. The van der Waals surface area contributed by atoms with Crippen molar-refractivity contribution in [3.8, 4) is 0 Å². The van der Waals surface area contributed by atoms with E-state index in [2.05, 4.69) is 37.4 Å². The van der Waals surface area contributed by atoms with Gasteiger partial charge in [0.25, 0.3) is 0 Å². The Balaban J connectivity index is 2.48. The average Bonchev–Trinajstić information content (AvgIpc) is 2.42. The van der Waals surface area contributed by atoms with Gasteiger partial charge in [-0.05, 0) is 60.8 Å². The second kappa shape index (κ2) is 6.62. The molecule has 0 aromatic heterocycles. The van der Waals surface area contributed by atoms with E-state index in [0.717, 1.165) is 22.2 Å². The lowest BCUT2D eigenvalue weighted by Crippen LogP contribution is -2.22. The van der Waals surface area contributed by atoms with Gasteiger partial charge in [-0.2, -0.15) is 0 Å². The molecule has 0 bridgehead atoms. The Morgan fingerprint density at radius 1 is 1.00 bits per heavy atom. The fourth-order valence-electron chi connectivity index (χ4n) is 2.38. The predicted octanol–water partition coefficient (Wildman–Crippen LogP) is 5.31. The molecule has 0 aliphatic rings. The van der Waals surface area contributed by atoms with Gasteiger partial charge in [-0.15, -0.1) is 0 Å². The summed E-state index contributed by atoms with van der Waals surface area (Å²) in [6.07, 6.45) is 0. The lowest BCUT2D eigenvalue weighted by molar-refractivity contribution is 0.627. The molecule has 1 N–H and O–H groups in total. The summed E-state index contributed by atoms with van der Waals surface area (Å²) >= 11 is 12.2. The van der Waals surface area contributed by atoms with Crippen LogP contribution in [0.5, 0.6) is 0 Å². The van der Waals surface area contributed by atoms with Crippen molar-refractivity contribution in [2.45, 2.75) is 26.8 Å². The van der Waals surface area contributed by atoms with E-state index in [1.807, 2.05) is 25.1 Å². The topological polar surface area (TPSA) is 12.0 Å². The van der Waals surface area contributed by atoms with Gasteiger partial charge < -0.3 is 5.32 Å². The lowest BCUT2D eigenvalue weighted by Gasteiger charge is -2.22. The third kappa shape index (κ3) is 3.35. The molecule has 3 heteroatoms. The molecule has 106 valence electrons. The number of halogens is 2. The van der Waals surface area contributed by atoms with Crippen molar-refractivity contribution in [2.75, 3.05) is 6.54 Å². The molecule has 2 aromatic rings. The monoisotopic (exact) mass is 307 g/mol. The first-order valence-corrected chi connectivity index (χ1v) is 7.54. The van der Waals surface area contributed by atoms with Crippen LogP contribution in [0.3, 0.4) is 0 Å². The minimum Gasteiger partial charge on any atom is -0.307 e. The summed E-state index contributed by atoms with van der Waals surface area (Å²) in [6.45, 7) is 7.15. The number of benzene rings is 2. The Kier molecular flexibility index (Phi) is 5.09. The molecule has 0 saturated heterocycles. The average molecular weight is 308 g/mol. The van der Waals surface area contributed by atoms with E-state index >= 15 is 0 Å². The first-order chi connectivity index (χ1) is 9.52. The molecule has 0 fully saturated rings. The molecular weight excluding hydrogens is 289 g/mol. The SMILES string of the molecule is CCNC(c1ccc(Cl)cc1)c1cc(C)c(Cl)cc1C. The van der Waals surface area contributed by atoms with Crippen LogP contribution in [-0.2, 0) is 0 Å². The van der Waals surface area contributed by atoms with Crippen LogP contribution >= 0.6 is 23.2 Å². The lowest BCUT2D eigenvalue weighted by atomic mass is 9.93. The van der Waals surface area contributed by atoms with Gasteiger partial charge >= 0.3 is 0 Å². The summed E-state index contributed by atoms with van der Waals surface area (Å²) in [6, 6.07) is 12.4. The number of hydrogen-bond donors (Lipinski definition) is 1. The zero-order valence-electron chi connectivity index (χ0n) is 12.0. The number of rotatable bonds is 4. The minimum atomic E-state index is 0.160. The molecule has 0 amide bonds. The Hall–Kier alpha value is -1.02. The third-order valence-electron chi connectivity index (χ3n) is 3.47. The molecule has 20 heavy (non-hydrogen) atoms. The fourth-order valence-corrected chi connectivity index (χ4v) is 2.73. The van der Waals surface area contributed by atoms with Crippen LogP contribution < -0.4 is 5.32 Å². The first-order valence-electron chi connectivity index (χ1n) is 6.78. The number of aryl methyl sites for hydroxylation is 2. The van der Waals surface area contributed by atoms with Crippen molar-refractivity contribution >= 4 is 23.2 Å². The molecule has 1 unspecified atom stereocenters. The van der Waals surface area contributed by atoms with Crippen LogP contribution in [0.1, 0.15) is 35.2 Å². The van der Waals surface area contributed by atoms with E-state index in [1.165, 1.54) is 16.7 Å². The van der Waals surface area contributed by atoms with Crippen LogP contribution in [0.2, 0.25) is 10.0 Å². The summed E-state index contributed by atoms with van der Waals surface area (Å²) in [4.78, 5) is 0. The number of nitrogens with one attached hydrogen (secondary N) is 1. The van der Waals surface area contributed by atoms with Gasteiger partial charge in [0, 0.05) is 10.0 Å². The van der Waals surface area contributed by atoms with E-state index in [0.29, 0.717) is 0 Å². The Morgan fingerprint density at radius 2 is 1.65 bits per heavy atom. The maximum absolute atomic E-state index is 6.20. The molecular formula is C17H19Cl2N. The number of hydrogen-bond acceptors (Lipinski definition) is 1. The standard InChI is InChI=1S/C17H19Cl2N/c1-4-20-17(13-5-7-14(18)8-6-13)15-9-12(3)16(19)10-11(15)2/h5-10,17,20H,4H2,1-3H3. The van der Waals surface area contributed by atoms with E-state index in [-0.39, 0.29) is 6.04 Å². The van der Waals surface area contributed by atoms with E-state index in [1.54, 1.807) is 0 Å². The van der Waals surface area contributed by atoms with Crippen molar-refractivity contribution in [1.82, 2.24) is 5.32 Å². The predicted molar refractivity (Wildman–Crippen MR) is 87.9 cm³/mol. The van der Waals surface area contributed by atoms with Crippen molar-refractivity contribution in [2.24, 2.45) is 0 Å². The van der Waals surface area contributed by atoms with Gasteiger partial charge in [-0.25, -0.2) is 0 Å². The maximum atomic E-state index is 6.20. The zero-order chi connectivity index (χ0) is 14.7. The summed E-state index contributed by atoms with van der Waals surface area (Å²) in [5.41, 5.74) is 4.77. The van der Waals surface area contributed by atoms with Gasteiger partial charge in [0.05, 0.1) is 6.04 Å². The molecule has 1 nitrogen and oxygen atoms in total. The van der Waals surface area contributed by atoms with E-state index < -0.39 is 0 Å². The van der Waals surface area contributed by atoms with Crippen LogP contribution in [0.4, 0.5) is 0 Å². The zero-order valence-corrected chi connectivity index (χ0v) is 13.5. The van der Waals surface area contributed by atoms with E-state index in [4.69, 9.17) is 23.2 Å². The smallest absolute Gasteiger partial charge is 0.0579 e. The van der Waals surface area contributed by atoms with Crippen molar-refractivity contribution < 1.29 is 0 Å². The maximum Gasteiger partial charge on any atom is 0.0579 e. The van der Waals surface area contributed by atoms with Crippen LogP contribution in [0, 0.1) is 13.8 Å². The van der Waals surface area contributed by atoms with E-state index in [9.17, 15) is 0 Å². The highest BCUT2D eigenvalue weighted by atomic mass is 35.5. The molecule has 1 atom stereocenters. The molecule has 0 radical (unpaired) electrons. The molecule has 2 rings (SSSR count). The summed E-state index contributed by atoms with van der Waals surface area (Å²) in [5, 5.41) is 5.11. The van der Waals surface area contributed by atoms with Gasteiger partial charge in [-0.3, -0.25) is 0 Å². The Morgan fingerprint density at radius 3 is 2.25 bits per heavy atom. The minimum absolute atomic E-state index is 0.160. The highest BCUT2D eigenvalue weighted by Crippen LogP contribution is 2.29. The molecule has 0 aliphatic heterocycles. The third-order valence-corrected chi connectivity index (χ3v) is 4.13. The van der Waals surface area contributed by atoms with Crippen molar-refractivity contribution in [1.29, 1.82) is 0 Å². The Labute approximate surface area is 130 Å². The molecule has 0 heterocycles. The van der Waals surface area contributed by atoms with Crippen LogP contribution in [-0.4, -0.2) is 6.54 Å². The quantitative estimate of drug-likeness (QED) is 0.807. The van der Waals surface area contributed by atoms with Crippen molar-refractivity contribution in [3.05, 3.63) is 68.7 Å². The highest BCUT2D eigenvalue weighted by Gasteiger charge is 2.16. The summed E-state index contributed by atoms with van der Waals surface area (Å²) < 4.78 is 0. The molecule has 0 spiro atoms. The molecule has 2 aromatic carbocycles. The van der Waals surface area contributed by atoms with Gasteiger partial charge in [-0.1, -0.05) is 48.3 Å². The molecule has 0 saturated carbocycles. The van der Waals surface area contributed by atoms with Gasteiger partial charge in [0.1, 0.15) is 0 Å². The normalized spacial score (nSPS) is 12.4. The first kappa shape index (κ1) is 15.4. The summed E-state index contributed by atoms with van der Waals surface area (Å²) in [7, 11) is 0. The van der Waals surface area contributed by atoms with Crippen molar-refractivity contribution in [3.63, 3.8) is 0 Å². The van der Waals surface area contributed by atoms with Gasteiger partial charge in [0.2, 0.25) is 0 Å². The van der Waals surface area contributed by atoms with Crippen LogP contribution in [0.25, 0.3) is 0 Å². The second-order valence-electron chi connectivity index (χ2n) is 5.00. The highest BCUT2D eigenvalue weighted by molar-refractivity contribution is 6.31. The van der Waals surface area contributed by atoms with Crippen LogP contribution in [0.15, 0.2) is 36.4 Å². The Bertz CT molecular complexity index is 591. The van der Waals surface area contributed by atoms with Gasteiger partial charge in [0.15, 0.2) is 0 Å². The fraction of sp³-hybridized carbons (Fsp3) is 0.294.